The lowest BCUT2D eigenvalue weighted by molar-refractivity contribution is 0.0520. The number of hydrogen-bond donors (Lipinski definition) is 0. The zero-order chi connectivity index (χ0) is 15.2. The molecular formula is C14H18N4O3. The molecule has 0 aliphatic heterocycles. The highest BCUT2D eigenvalue weighted by atomic mass is 16.5. The molecule has 2 heterocycles. The molecule has 7 heteroatoms. The molecule has 0 saturated carbocycles. The third-order valence-electron chi connectivity index (χ3n) is 2.92. The van der Waals surface area contributed by atoms with E-state index in [-0.39, 0.29) is 18.3 Å². The Morgan fingerprint density at radius 1 is 1.48 bits per heavy atom. The van der Waals surface area contributed by atoms with Crippen molar-refractivity contribution >= 4 is 5.97 Å². The monoisotopic (exact) mass is 290 g/mol. The number of hydrogen-bond acceptors (Lipinski definition) is 6. The zero-order valence-electron chi connectivity index (χ0n) is 12.3. The highest BCUT2D eigenvalue weighted by Gasteiger charge is 2.24. The third kappa shape index (κ3) is 3.25. The summed E-state index contributed by atoms with van der Waals surface area (Å²) in [7, 11) is 1.61. The van der Waals surface area contributed by atoms with Gasteiger partial charge in [-0.1, -0.05) is 5.21 Å². The molecule has 0 spiro atoms. The molecule has 2 rings (SSSR count). The van der Waals surface area contributed by atoms with Gasteiger partial charge in [0.15, 0.2) is 5.69 Å². The lowest BCUT2D eigenvalue weighted by Gasteiger charge is -2.14. The van der Waals surface area contributed by atoms with E-state index < -0.39 is 5.97 Å². The van der Waals surface area contributed by atoms with Crippen LogP contribution in [0.2, 0.25) is 0 Å². The van der Waals surface area contributed by atoms with E-state index in [2.05, 4.69) is 15.3 Å². The van der Waals surface area contributed by atoms with Crippen molar-refractivity contribution in [2.75, 3.05) is 20.3 Å². The fraction of sp³-hybridized carbons (Fsp3) is 0.429. The summed E-state index contributed by atoms with van der Waals surface area (Å²) in [5, 5.41) is 8.04. The summed E-state index contributed by atoms with van der Waals surface area (Å²) in [5.41, 5.74) is 1.53. The first-order valence-electron chi connectivity index (χ1n) is 6.70. The van der Waals surface area contributed by atoms with Crippen LogP contribution < -0.4 is 0 Å². The van der Waals surface area contributed by atoms with Crippen LogP contribution >= 0.6 is 0 Å². The van der Waals surface area contributed by atoms with Gasteiger partial charge in [-0.3, -0.25) is 4.98 Å². The second-order valence-electron chi connectivity index (χ2n) is 4.50. The van der Waals surface area contributed by atoms with Gasteiger partial charge in [0.2, 0.25) is 0 Å². The largest absolute Gasteiger partial charge is 0.461 e. The molecule has 0 N–H and O–H groups in total. The number of carbonyl (C=O) groups excluding carboxylic acids is 1. The summed E-state index contributed by atoms with van der Waals surface area (Å²) < 4.78 is 11.8. The molecule has 21 heavy (non-hydrogen) atoms. The van der Waals surface area contributed by atoms with Crippen LogP contribution in [0.4, 0.5) is 0 Å². The molecular weight excluding hydrogens is 272 g/mol. The van der Waals surface area contributed by atoms with E-state index >= 15 is 0 Å². The Kier molecular flexibility index (Phi) is 4.99. The topological polar surface area (TPSA) is 79.1 Å². The second kappa shape index (κ2) is 6.94. The maximum atomic E-state index is 12.0. The minimum Gasteiger partial charge on any atom is -0.461 e. The fourth-order valence-electron chi connectivity index (χ4n) is 2.02. The van der Waals surface area contributed by atoms with Crippen LogP contribution in [-0.2, 0) is 9.47 Å². The van der Waals surface area contributed by atoms with Crippen molar-refractivity contribution < 1.29 is 14.3 Å². The minimum absolute atomic E-state index is 0.0686. The lowest BCUT2D eigenvalue weighted by atomic mass is 10.1. The van der Waals surface area contributed by atoms with Gasteiger partial charge in [0.25, 0.3) is 0 Å². The number of pyridine rings is 1. The molecule has 0 radical (unpaired) electrons. The predicted molar refractivity (Wildman–Crippen MR) is 75.8 cm³/mol. The van der Waals surface area contributed by atoms with Crippen LogP contribution in [0.1, 0.15) is 30.4 Å². The summed E-state index contributed by atoms with van der Waals surface area (Å²) in [6.07, 6.45) is 3.33. The summed E-state index contributed by atoms with van der Waals surface area (Å²) in [5.74, 6) is -0.493. The number of aromatic nitrogens is 4. The Hall–Kier alpha value is -2.28. The number of ether oxygens (including phenoxy) is 2. The molecule has 0 amide bonds. The van der Waals surface area contributed by atoms with Gasteiger partial charge >= 0.3 is 5.97 Å². The molecule has 1 unspecified atom stereocenters. The fourth-order valence-corrected chi connectivity index (χ4v) is 2.02. The van der Waals surface area contributed by atoms with Gasteiger partial charge < -0.3 is 9.47 Å². The summed E-state index contributed by atoms with van der Waals surface area (Å²) in [6, 6.07) is 3.58. The number of rotatable bonds is 6. The highest BCUT2D eigenvalue weighted by Crippen LogP contribution is 2.25. The first-order chi connectivity index (χ1) is 10.2. The molecule has 0 bridgehead atoms. The normalized spacial score (nSPS) is 12.1. The molecule has 0 aromatic carbocycles. The van der Waals surface area contributed by atoms with Crippen molar-refractivity contribution in [2.24, 2.45) is 0 Å². The number of carbonyl (C=O) groups is 1. The Morgan fingerprint density at radius 3 is 2.90 bits per heavy atom. The maximum Gasteiger partial charge on any atom is 0.361 e. The number of methoxy groups -OCH3 is 1. The maximum absolute atomic E-state index is 12.0. The van der Waals surface area contributed by atoms with Crippen molar-refractivity contribution in [1.29, 1.82) is 0 Å². The predicted octanol–water partition coefficient (Wildman–Crippen LogP) is 1.72. The van der Waals surface area contributed by atoms with Gasteiger partial charge in [-0.05, 0) is 26.0 Å². The SMILES string of the molecule is CCOC(=O)c1nnn(C(C)COC)c1-c1cccnc1. The Bertz CT molecular complexity index is 598. The van der Waals surface area contributed by atoms with Gasteiger partial charge in [0.1, 0.15) is 5.69 Å². The van der Waals surface area contributed by atoms with Crippen LogP contribution in [-0.4, -0.2) is 46.3 Å². The smallest absolute Gasteiger partial charge is 0.361 e. The van der Waals surface area contributed by atoms with E-state index in [1.165, 1.54) is 0 Å². The van der Waals surface area contributed by atoms with Crippen molar-refractivity contribution in [3.05, 3.63) is 30.2 Å². The van der Waals surface area contributed by atoms with E-state index in [1.54, 1.807) is 37.2 Å². The summed E-state index contributed by atoms with van der Waals surface area (Å²) >= 11 is 0. The first kappa shape index (κ1) is 15.1. The minimum atomic E-state index is -0.493. The van der Waals surface area contributed by atoms with Crippen molar-refractivity contribution in [1.82, 2.24) is 20.0 Å². The molecule has 1 atom stereocenters. The van der Waals surface area contributed by atoms with Crippen LogP contribution in [0.15, 0.2) is 24.5 Å². The second-order valence-corrected chi connectivity index (χ2v) is 4.50. The van der Waals surface area contributed by atoms with Gasteiger partial charge in [-0.2, -0.15) is 0 Å². The van der Waals surface area contributed by atoms with E-state index in [4.69, 9.17) is 9.47 Å². The van der Waals surface area contributed by atoms with Crippen molar-refractivity contribution in [3.8, 4) is 11.3 Å². The molecule has 0 saturated heterocycles. The Morgan fingerprint density at radius 2 is 2.29 bits per heavy atom. The molecule has 0 aliphatic carbocycles. The third-order valence-corrected chi connectivity index (χ3v) is 2.92. The summed E-state index contributed by atoms with van der Waals surface area (Å²) in [4.78, 5) is 16.1. The molecule has 7 nitrogen and oxygen atoms in total. The van der Waals surface area contributed by atoms with Gasteiger partial charge in [0.05, 0.1) is 19.3 Å². The van der Waals surface area contributed by atoms with Crippen LogP contribution in [0.5, 0.6) is 0 Å². The quantitative estimate of drug-likeness (QED) is 0.754. The molecule has 112 valence electrons. The molecule has 0 aliphatic rings. The van der Waals surface area contributed by atoms with Crippen molar-refractivity contribution in [2.45, 2.75) is 19.9 Å². The van der Waals surface area contributed by atoms with Crippen LogP contribution in [0, 0.1) is 0 Å². The van der Waals surface area contributed by atoms with E-state index in [1.807, 2.05) is 13.0 Å². The number of nitrogens with zero attached hydrogens (tertiary/aromatic N) is 4. The van der Waals surface area contributed by atoms with Crippen molar-refractivity contribution in [3.63, 3.8) is 0 Å². The Balaban J connectivity index is 2.50. The highest BCUT2D eigenvalue weighted by molar-refractivity contribution is 5.94. The molecule has 2 aromatic heterocycles. The molecule has 0 fully saturated rings. The summed E-state index contributed by atoms with van der Waals surface area (Å²) in [6.45, 7) is 4.43. The van der Waals surface area contributed by atoms with Crippen LogP contribution in [0.25, 0.3) is 11.3 Å². The average Bonchev–Trinajstić information content (AvgIpc) is 2.93. The average molecular weight is 290 g/mol. The lowest BCUT2D eigenvalue weighted by Crippen LogP contribution is -2.15. The zero-order valence-corrected chi connectivity index (χ0v) is 12.3. The van der Waals surface area contributed by atoms with E-state index in [0.29, 0.717) is 12.3 Å². The van der Waals surface area contributed by atoms with Gasteiger partial charge in [-0.25, -0.2) is 9.48 Å². The standard InChI is InChI=1S/C14H18N4O3/c1-4-21-14(19)12-13(11-6-5-7-15-8-11)18(17-16-12)10(2)9-20-3/h5-8,10H,4,9H2,1-3H3. The molecule has 2 aromatic rings. The van der Waals surface area contributed by atoms with E-state index in [0.717, 1.165) is 5.56 Å². The van der Waals surface area contributed by atoms with Gasteiger partial charge in [-0.15, -0.1) is 5.10 Å². The Labute approximate surface area is 122 Å². The first-order valence-corrected chi connectivity index (χ1v) is 6.70. The van der Waals surface area contributed by atoms with Gasteiger partial charge in [0, 0.05) is 25.1 Å². The van der Waals surface area contributed by atoms with E-state index in [9.17, 15) is 4.79 Å². The number of esters is 1. The van der Waals surface area contributed by atoms with Crippen LogP contribution in [0.3, 0.4) is 0 Å².